The highest BCUT2D eigenvalue weighted by molar-refractivity contribution is 7.90. The van der Waals surface area contributed by atoms with Gasteiger partial charge in [-0.05, 0) is 49.6 Å². The Labute approximate surface area is 190 Å². The lowest BCUT2D eigenvalue weighted by Crippen LogP contribution is -2.40. The third-order valence-corrected chi connectivity index (χ3v) is 7.39. The van der Waals surface area contributed by atoms with E-state index in [0.29, 0.717) is 24.5 Å². The number of amides is 1. The van der Waals surface area contributed by atoms with Gasteiger partial charge in [-0.2, -0.15) is 8.42 Å². The molecule has 8 heteroatoms. The molecule has 2 heterocycles. The molecular formula is C24H30N4O3S. The molecule has 4 rings (SSSR count). The number of amidine groups is 1. The van der Waals surface area contributed by atoms with Gasteiger partial charge in [0.1, 0.15) is 5.84 Å². The van der Waals surface area contributed by atoms with E-state index >= 15 is 0 Å². The number of anilines is 1. The number of benzene rings is 2. The molecule has 1 atom stereocenters. The van der Waals surface area contributed by atoms with Crippen LogP contribution in [-0.4, -0.2) is 56.6 Å². The van der Waals surface area contributed by atoms with Crippen LogP contribution in [0.25, 0.3) is 0 Å². The highest BCUT2D eigenvalue weighted by atomic mass is 32.2. The summed E-state index contributed by atoms with van der Waals surface area (Å²) in [7, 11) is -1.97. The molecule has 170 valence electrons. The van der Waals surface area contributed by atoms with Crippen molar-refractivity contribution in [3.05, 3.63) is 60.2 Å². The van der Waals surface area contributed by atoms with Crippen molar-refractivity contribution in [1.29, 1.82) is 0 Å². The first-order chi connectivity index (χ1) is 15.4. The summed E-state index contributed by atoms with van der Waals surface area (Å²) in [5, 5.41) is 2.92. The maximum Gasteiger partial charge on any atom is 0.284 e. The second-order valence-corrected chi connectivity index (χ2v) is 10.2. The second-order valence-electron chi connectivity index (χ2n) is 8.58. The van der Waals surface area contributed by atoms with Crippen LogP contribution in [0.3, 0.4) is 0 Å². The van der Waals surface area contributed by atoms with Gasteiger partial charge in [0.25, 0.3) is 10.0 Å². The molecular weight excluding hydrogens is 424 g/mol. The molecule has 0 spiro atoms. The molecule has 1 unspecified atom stereocenters. The van der Waals surface area contributed by atoms with Gasteiger partial charge in [0.05, 0.1) is 10.8 Å². The van der Waals surface area contributed by atoms with Gasteiger partial charge in [-0.1, -0.05) is 36.4 Å². The molecule has 2 aliphatic rings. The molecule has 1 N–H and O–H groups in total. The average molecular weight is 455 g/mol. The van der Waals surface area contributed by atoms with Crippen LogP contribution < -0.4 is 5.32 Å². The molecule has 1 amide bonds. The quantitative estimate of drug-likeness (QED) is 0.724. The zero-order valence-electron chi connectivity index (χ0n) is 18.4. The van der Waals surface area contributed by atoms with Crippen molar-refractivity contribution >= 4 is 27.5 Å². The fraction of sp³-hybridized carbons (Fsp3) is 0.417. The first-order valence-electron chi connectivity index (χ1n) is 11.1. The normalized spacial score (nSPS) is 21.1. The molecule has 2 aromatic carbocycles. The number of rotatable bonds is 6. The number of hydrogen-bond acceptors (Lipinski definition) is 4. The van der Waals surface area contributed by atoms with E-state index in [2.05, 4.69) is 26.7 Å². The lowest BCUT2D eigenvalue weighted by Gasteiger charge is -2.32. The average Bonchev–Trinajstić information content (AvgIpc) is 3.18. The molecule has 0 bridgehead atoms. The predicted molar refractivity (Wildman–Crippen MR) is 126 cm³/mol. The molecule has 0 aromatic heterocycles. The van der Waals surface area contributed by atoms with Gasteiger partial charge in [0, 0.05) is 38.8 Å². The van der Waals surface area contributed by atoms with E-state index in [1.165, 1.54) is 17.7 Å². The number of likely N-dealkylation sites (tertiary alicyclic amines) is 2. The van der Waals surface area contributed by atoms with E-state index in [0.717, 1.165) is 38.9 Å². The SMILES string of the molecule is CN1CCC/C1=N\S(=O)(=O)c1cccc(NC(=O)C2CCCN(Cc3ccccc3)C2)c1. The van der Waals surface area contributed by atoms with Crippen LogP contribution in [0.4, 0.5) is 5.69 Å². The minimum atomic E-state index is -3.82. The molecule has 2 fully saturated rings. The molecule has 32 heavy (non-hydrogen) atoms. The van der Waals surface area contributed by atoms with E-state index < -0.39 is 10.0 Å². The summed E-state index contributed by atoms with van der Waals surface area (Å²) in [4.78, 5) is 17.2. The Hall–Kier alpha value is -2.71. The molecule has 0 saturated carbocycles. The maximum absolute atomic E-state index is 12.9. The lowest BCUT2D eigenvalue weighted by molar-refractivity contribution is -0.121. The Bertz CT molecular complexity index is 1090. The molecule has 0 radical (unpaired) electrons. The van der Waals surface area contributed by atoms with Gasteiger partial charge >= 0.3 is 0 Å². The summed E-state index contributed by atoms with van der Waals surface area (Å²) in [6, 6.07) is 16.6. The van der Waals surface area contributed by atoms with Crippen LogP contribution in [0.2, 0.25) is 0 Å². The number of sulfonamides is 1. The van der Waals surface area contributed by atoms with E-state index in [9.17, 15) is 13.2 Å². The fourth-order valence-corrected chi connectivity index (χ4v) is 5.47. The van der Waals surface area contributed by atoms with Crippen molar-refractivity contribution in [3.8, 4) is 0 Å². The van der Waals surface area contributed by atoms with Gasteiger partial charge in [-0.3, -0.25) is 9.69 Å². The van der Waals surface area contributed by atoms with Crippen LogP contribution >= 0.6 is 0 Å². The third kappa shape index (κ3) is 5.55. The van der Waals surface area contributed by atoms with Gasteiger partial charge in [-0.15, -0.1) is 4.40 Å². The number of hydrogen-bond donors (Lipinski definition) is 1. The number of carbonyl (C=O) groups is 1. The van der Waals surface area contributed by atoms with Crippen molar-refractivity contribution in [1.82, 2.24) is 9.80 Å². The zero-order valence-corrected chi connectivity index (χ0v) is 19.2. The van der Waals surface area contributed by atoms with Crippen molar-refractivity contribution in [2.24, 2.45) is 10.3 Å². The van der Waals surface area contributed by atoms with Crippen LogP contribution in [0, 0.1) is 5.92 Å². The first-order valence-corrected chi connectivity index (χ1v) is 12.6. The first kappa shape index (κ1) is 22.5. The minimum Gasteiger partial charge on any atom is -0.362 e. The van der Waals surface area contributed by atoms with E-state index in [1.807, 2.05) is 30.1 Å². The molecule has 0 aliphatic carbocycles. The summed E-state index contributed by atoms with van der Waals surface area (Å²) in [5.41, 5.74) is 1.72. The second kappa shape index (κ2) is 9.83. The molecule has 2 saturated heterocycles. The summed E-state index contributed by atoms with van der Waals surface area (Å²) in [5.74, 6) is 0.388. The van der Waals surface area contributed by atoms with Gasteiger partial charge < -0.3 is 10.2 Å². The van der Waals surface area contributed by atoms with E-state index in [4.69, 9.17) is 0 Å². The fourth-order valence-electron chi connectivity index (χ4n) is 4.33. The smallest absolute Gasteiger partial charge is 0.284 e. The highest BCUT2D eigenvalue weighted by Gasteiger charge is 2.26. The van der Waals surface area contributed by atoms with Crippen LogP contribution in [0.15, 0.2) is 63.9 Å². The summed E-state index contributed by atoms with van der Waals surface area (Å²) in [6.07, 6.45) is 3.36. The Morgan fingerprint density at radius 3 is 2.66 bits per heavy atom. The Kier molecular flexibility index (Phi) is 6.91. The van der Waals surface area contributed by atoms with Crippen molar-refractivity contribution in [3.63, 3.8) is 0 Å². The summed E-state index contributed by atoms with van der Waals surface area (Å²) >= 11 is 0. The molecule has 7 nitrogen and oxygen atoms in total. The maximum atomic E-state index is 12.9. The van der Waals surface area contributed by atoms with Crippen LogP contribution in [0.5, 0.6) is 0 Å². The molecule has 2 aliphatic heterocycles. The monoisotopic (exact) mass is 454 g/mol. The predicted octanol–water partition coefficient (Wildman–Crippen LogP) is 3.35. The summed E-state index contributed by atoms with van der Waals surface area (Å²) < 4.78 is 29.5. The van der Waals surface area contributed by atoms with Crippen molar-refractivity contribution in [2.45, 2.75) is 37.1 Å². The van der Waals surface area contributed by atoms with Gasteiger partial charge in [0.2, 0.25) is 5.91 Å². The molecule has 2 aromatic rings. The topological polar surface area (TPSA) is 82.1 Å². The number of carbonyl (C=O) groups excluding carboxylic acids is 1. The van der Waals surface area contributed by atoms with Crippen LogP contribution in [0.1, 0.15) is 31.2 Å². The Balaban J connectivity index is 1.41. The van der Waals surface area contributed by atoms with Gasteiger partial charge in [0.15, 0.2) is 0 Å². The number of nitrogens with one attached hydrogen (secondary N) is 1. The Morgan fingerprint density at radius 2 is 1.91 bits per heavy atom. The van der Waals surface area contributed by atoms with Crippen molar-refractivity contribution < 1.29 is 13.2 Å². The number of piperidine rings is 1. The summed E-state index contributed by atoms with van der Waals surface area (Å²) in [6.45, 7) is 3.31. The van der Waals surface area contributed by atoms with E-state index in [1.54, 1.807) is 12.1 Å². The van der Waals surface area contributed by atoms with Crippen molar-refractivity contribution in [2.75, 3.05) is 32.0 Å². The van der Waals surface area contributed by atoms with Gasteiger partial charge in [-0.25, -0.2) is 0 Å². The van der Waals surface area contributed by atoms with Crippen LogP contribution in [-0.2, 0) is 21.4 Å². The van der Waals surface area contributed by atoms with E-state index in [-0.39, 0.29) is 16.7 Å². The third-order valence-electron chi connectivity index (χ3n) is 6.08. The largest absolute Gasteiger partial charge is 0.362 e. The Morgan fingerprint density at radius 1 is 1.09 bits per heavy atom. The minimum absolute atomic E-state index is 0.0702. The number of nitrogens with zero attached hydrogens (tertiary/aromatic N) is 3. The zero-order chi connectivity index (χ0) is 22.6. The lowest BCUT2D eigenvalue weighted by atomic mass is 9.96. The highest BCUT2D eigenvalue weighted by Crippen LogP contribution is 2.23. The standard InChI is InChI=1S/C24H30N4O3S/c1-27-14-7-13-23(27)26-32(30,31)22-12-5-11-21(16-22)25-24(29)20-10-6-15-28(18-20)17-19-8-3-2-4-9-19/h2-5,8-9,11-12,16,20H,6-7,10,13-15,17-18H2,1H3,(H,25,29)/b26-23+.